The van der Waals surface area contributed by atoms with E-state index in [0.29, 0.717) is 5.92 Å². The standard InChI is InChI=1S/C11H18N2O/c14-10(11-12-6-7-13-11)8-9-4-2-1-3-5-9/h6-7,9-10,14H,1-5,8H2,(H,12,13). The van der Waals surface area contributed by atoms with Gasteiger partial charge in [-0.2, -0.15) is 0 Å². The molecule has 78 valence electrons. The number of H-pyrrole nitrogens is 1. The topological polar surface area (TPSA) is 48.9 Å². The predicted octanol–water partition coefficient (Wildman–Crippen LogP) is 2.41. The van der Waals surface area contributed by atoms with Gasteiger partial charge in [-0.25, -0.2) is 4.98 Å². The molecule has 14 heavy (non-hydrogen) atoms. The minimum Gasteiger partial charge on any atom is -0.385 e. The van der Waals surface area contributed by atoms with Crippen LogP contribution in [0.1, 0.15) is 50.5 Å². The highest BCUT2D eigenvalue weighted by Crippen LogP contribution is 2.30. The van der Waals surface area contributed by atoms with Crippen LogP contribution in [0.5, 0.6) is 0 Å². The van der Waals surface area contributed by atoms with E-state index < -0.39 is 6.10 Å². The van der Waals surface area contributed by atoms with Crippen LogP contribution in [0.2, 0.25) is 0 Å². The van der Waals surface area contributed by atoms with Crippen molar-refractivity contribution in [2.24, 2.45) is 5.92 Å². The summed E-state index contributed by atoms with van der Waals surface area (Å²) < 4.78 is 0. The van der Waals surface area contributed by atoms with Gasteiger partial charge in [0.1, 0.15) is 11.9 Å². The second-order valence-electron chi connectivity index (χ2n) is 4.23. The summed E-state index contributed by atoms with van der Waals surface area (Å²) in [7, 11) is 0. The van der Waals surface area contributed by atoms with Gasteiger partial charge in [-0.3, -0.25) is 0 Å². The van der Waals surface area contributed by atoms with E-state index in [4.69, 9.17) is 0 Å². The molecular formula is C11H18N2O. The molecule has 1 heterocycles. The van der Waals surface area contributed by atoms with E-state index in [-0.39, 0.29) is 0 Å². The number of rotatable bonds is 3. The average molecular weight is 194 g/mol. The number of hydrogen-bond acceptors (Lipinski definition) is 2. The van der Waals surface area contributed by atoms with Crippen LogP contribution >= 0.6 is 0 Å². The number of imidazole rings is 1. The highest BCUT2D eigenvalue weighted by Gasteiger charge is 2.19. The van der Waals surface area contributed by atoms with Crippen molar-refractivity contribution < 1.29 is 5.11 Å². The third-order valence-corrected chi connectivity index (χ3v) is 3.12. The van der Waals surface area contributed by atoms with E-state index in [2.05, 4.69) is 9.97 Å². The second-order valence-corrected chi connectivity index (χ2v) is 4.23. The fourth-order valence-corrected chi connectivity index (χ4v) is 2.31. The van der Waals surface area contributed by atoms with Crippen molar-refractivity contribution in [3.05, 3.63) is 18.2 Å². The lowest BCUT2D eigenvalue weighted by Crippen LogP contribution is -2.11. The van der Waals surface area contributed by atoms with Crippen LogP contribution in [0.25, 0.3) is 0 Å². The molecule has 0 spiro atoms. The smallest absolute Gasteiger partial charge is 0.135 e. The van der Waals surface area contributed by atoms with Gasteiger partial charge in [0, 0.05) is 12.4 Å². The van der Waals surface area contributed by atoms with Gasteiger partial charge in [0.2, 0.25) is 0 Å². The molecule has 0 radical (unpaired) electrons. The number of hydrogen-bond donors (Lipinski definition) is 2. The van der Waals surface area contributed by atoms with Crippen LogP contribution in [0.15, 0.2) is 12.4 Å². The lowest BCUT2D eigenvalue weighted by atomic mass is 9.85. The molecule has 1 aromatic rings. The van der Waals surface area contributed by atoms with Gasteiger partial charge in [-0.15, -0.1) is 0 Å². The molecule has 1 unspecified atom stereocenters. The molecule has 3 nitrogen and oxygen atoms in total. The van der Waals surface area contributed by atoms with Crippen molar-refractivity contribution in [3.63, 3.8) is 0 Å². The van der Waals surface area contributed by atoms with Crippen molar-refractivity contribution in [3.8, 4) is 0 Å². The van der Waals surface area contributed by atoms with Gasteiger partial charge in [0.25, 0.3) is 0 Å². The number of aromatic nitrogens is 2. The van der Waals surface area contributed by atoms with Crippen LogP contribution in [0.4, 0.5) is 0 Å². The summed E-state index contributed by atoms with van der Waals surface area (Å²) >= 11 is 0. The number of nitrogens with zero attached hydrogens (tertiary/aromatic N) is 1. The van der Waals surface area contributed by atoms with Gasteiger partial charge in [0.05, 0.1) is 0 Å². The van der Waals surface area contributed by atoms with Crippen molar-refractivity contribution in [2.45, 2.75) is 44.6 Å². The first-order valence-corrected chi connectivity index (χ1v) is 5.53. The lowest BCUT2D eigenvalue weighted by Gasteiger charge is -2.23. The van der Waals surface area contributed by atoms with E-state index in [0.717, 1.165) is 12.2 Å². The van der Waals surface area contributed by atoms with Crippen LogP contribution in [-0.4, -0.2) is 15.1 Å². The molecule has 2 rings (SSSR count). The van der Waals surface area contributed by atoms with Gasteiger partial charge < -0.3 is 10.1 Å². The molecule has 0 amide bonds. The molecule has 2 N–H and O–H groups in total. The summed E-state index contributed by atoms with van der Waals surface area (Å²) in [6.07, 6.45) is 10.5. The summed E-state index contributed by atoms with van der Waals surface area (Å²) in [5.74, 6) is 1.42. The predicted molar refractivity (Wildman–Crippen MR) is 54.7 cm³/mol. The Kier molecular flexibility index (Phi) is 3.19. The fraction of sp³-hybridized carbons (Fsp3) is 0.727. The summed E-state index contributed by atoms with van der Waals surface area (Å²) in [6, 6.07) is 0. The summed E-state index contributed by atoms with van der Waals surface area (Å²) in [5, 5.41) is 9.87. The second kappa shape index (κ2) is 4.60. The van der Waals surface area contributed by atoms with Gasteiger partial charge in [-0.1, -0.05) is 32.1 Å². The van der Waals surface area contributed by atoms with Gasteiger partial charge in [0.15, 0.2) is 0 Å². The van der Waals surface area contributed by atoms with Crippen LogP contribution in [-0.2, 0) is 0 Å². The van der Waals surface area contributed by atoms with Crippen molar-refractivity contribution in [1.82, 2.24) is 9.97 Å². The highest BCUT2D eigenvalue weighted by molar-refractivity contribution is 4.92. The van der Waals surface area contributed by atoms with Crippen LogP contribution < -0.4 is 0 Å². The molecule has 0 aliphatic heterocycles. The third kappa shape index (κ3) is 2.35. The van der Waals surface area contributed by atoms with E-state index in [9.17, 15) is 5.11 Å². The van der Waals surface area contributed by atoms with Gasteiger partial charge >= 0.3 is 0 Å². The van der Waals surface area contributed by atoms with Crippen molar-refractivity contribution in [2.75, 3.05) is 0 Å². The normalized spacial score (nSPS) is 20.9. The quantitative estimate of drug-likeness (QED) is 0.776. The zero-order chi connectivity index (χ0) is 9.80. The first-order valence-electron chi connectivity index (χ1n) is 5.53. The number of aromatic amines is 1. The Balaban J connectivity index is 1.84. The molecule has 0 aromatic carbocycles. The molecule has 0 bridgehead atoms. The lowest BCUT2D eigenvalue weighted by molar-refractivity contribution is 0.124. The molecule has 1 aliphatic rings. The van der Waals surface area contributed by atoms with E-state index in [1.54, 1.807) is 12.4 Å². The van der Waals surface area contributed by atoms with E-state index >= 15 is 0 Å². The van der Waals surface area contributed by atoms with Crippen molar-refractivity contribution >= 4 is 0 Å². The SMILES string of the molecule is OC(CC1CCCCC1)c1ncc[nH]1. The fourth-order valence-electron chi connectivity index (χ4n) is 2.31. The number of aliphatic hydroxyl groups is 1. The molecule has 1 aliphatic carbocycles. The maximum absolute atomic E-state index is 9.87. The largest absolute Gasteiger partial charge is 0.385 e. The zero-order valence-corrected chi connectivity index (χ0v) is 8.45. The van der Waals surface area contributed by atoms with Crippen molar-refractivity contribution in [1.29, 1.82) is 0 Å². The molecule has 1 saturated carbocycles. The monoisotopic (exact) mass is 194 g/mol. The average Bonchev–Trinajstić information content (AvgIpc) is 2.72. The van der Waals surface area contributed by atoms with E-state index in [1.807, 2.05) is 0 Å². The Labute approximate surface area is 84.6 Å². The highest BCUT2D eigenvalue weighted by atomic mass is 16.3. The Morgan fingerprint density at radius 2 is 2.21 bits per heavy atom. The molecule has 3 heteroatoms. The summed E-state index contributed by atoms with van der Waals surface area (Å²) in [4.78, 5) is 7.04. The minimum atomic E-state index is -0.395. The molecule has 1 aromatic heterocycles. The van der Waals surface area contributed by atoms with Crippen LogP contribution in [0.3, 0.4) is 0 Å². The first-order chi connectivity index (χ1) is 6.86. The summed E-state index contributed by atoms with van der Waals surface area (Å²) in [6.45, 7) is 0. The Bertz CT molecular complexity index is 252. The summed E-state index contributed by atoms with van der Waals surface area (Å²) in [5.41, 5.74) is 0. The number of aliphatic hydroxyl groups excluding tert-OH is 1. The molecular weight excluding hydrogens is 176 g/mol. The van der Waals surface area contributed by atoms with Crippen LogP contribution in [0, 0.1) is 5.92 Å². The molecule has 1 atom stereocenters. The maximum atomic E-state index is 9.87. The molecule has 1 fully saturated rings. The molecule has 0 saturated heterocycles. The van der Waals surface area contributed by atoms with Gasteiger partial charge in [-0.05, 0) is 12.3 Å². The third-order valence-electron chi connectivity index (χ3n) is 3.12. The number of nitrogens with one attached hydrogen (secondary N) is 1. The Morgan fingerprint density at radius 1 is 1.43 bits per heavy atom. The van der Waals surface area contributed by atoms with E-state index in [1.165, 1.54) is 32.1 Å². The zero-order valence-electron chi connectivity index (χ0n) is 8.45. The Hall–Kier alpha value is -0.830. The minimum absolute atomic E-state index is 0.395. The maximum Gasteiger partial charge on any atom is 0.135 e. The Morgan fingerprint density at radius 3 is 2.86 bits per heavy atom. The first kappa shape index (κ1) is 9.71.